The quantitative estimate of drug-likeness (QED) is 0.573. The van der Waals surface area contributed by atoms with Crippen LogP contribution in [0.15, 0.2) is 0 Å². The van der Waals surface area contributed by atoms with E-state index in [9.17, 15) is 5.11 Å². The van der Waals surface area contributed by atoms with Crippen molar-refractivity contribution in [2.75, 3.05) is 18.5 Å². The number of phenolic OH excluding ortho intramolecular Hbond substituents is 1. The largest absolute Gasteiger partial charge is 0.505 e. The van der Waals surface area contributed by atoms with Gasteiger partial charge in [0, 0.05) is 13.2 Å². The molecule has 3 rings (SSSR count). The zero-order chi connectivity index (χ0) is 14.8. The molecule has 1 aromatic carbocycles. The Morgan fingerprint density at radius 1 is 1.10 bits per heavy atom. The topological polar surface area (TPSA) is 52.5 Å². The molecule has 3 nitrogen and oxygen atoms in total. The maximum atomic E-state index is 10.7. The van der Waals surface area contributed by atoms with Gasteiger partial charge in [-0.25, -0.2) is 0 Å². The fraction of sp³-hybridized carbons (Fsp3) is 0.667. The van der Waals surface area contributed by atoms with Crippen LogP contribution in [-0.4, -0.2) is 23.4 Å². The number of aromatic hydroxyl groups is 1. The van der Waals surface area contributed by atoms with Crippen molar-refractivity contribution in [1.29, 1.82) is 0 Å². The Labute approximate surface area is 127 Å². The molecule has 1 aromatic rings. The van der Waals surface area contributed by atoms with Crippen molar-refractivity contribution in [2.24, 2.45) is 0 Å². The number of unbranched alkanes of at least 4 members (excludes halogenated alkanes) is 1. The third-order valence-corrected chi connectivity index (χ3v) is 5.25. The molecular formula is C18H27NO2. The molecule has 0 saturated carbocycles. The van der Waals surface area contributed by atoms with Crippen LogP contribution in [0.3, 0.4) is 0 Å². The Bertz CT molecular complexity index is 487. The van der Waals surface area contributed by atoms with Gasteiger partial charge in [0.05, 0.1) is 5.69 Å². The molecule has 0 saturated heterocycles. The van der Waals surface area contributed by atoms with Gasteiger partial charge in [-0.3, -0.25) is 0 Å². The molecule has 1 atom stereocenters. The standard InChI is InChI=1S/C18H27NO2/c1-12-14-8-4-6-13-7-5-9-15(16(13)14)18(21)17(12)19-10-2-3-11-20/h13,19-21H,2-11H2,1H3. The van der Waals surface area contributed by atoms with Crippen molar-refractivity contribution in [1.82, 2.24) is 0 Å². The maximum Gasteiger partial charge on any atom is 0.142 e. The summed E-state index contributed by atoms with van der Waals surface area (Å²) in [5.74, 6) is 1.19. The molecule has 0 radical (unpaired) electrons. The Kier molecular flexibility index (Phi) is 4.39. The molecule has 0 bridgehead atoms. The second kappa shape index (κ2) is 6.27. The van der Waals surface area contributed by atoms with Gasteiger partial charge in [-0.05, 0) is 86.5 Å². The molecule has 0 aliphatic heterocycles. The van der Waals surface area contributed by atoms with Crippen LogP contribution >= 0.6 is 0 Å². The molecule has 0 spiro atoms. The predicted molar refractivity (Wildman–Crippen MR) is 86.3 cm³/mol. The van der Waals surface area contributed by atoms with Gasteiger partial charge in [-0.15, -0.1) is 0 Å². The average molecular weight is 289 g/mol. The summed E-state index contributed by atoms with van der Waals surface area (Å²) in [6.07, 6.45) is 9.01. The van der Waals surface area contributed by atoms with Crippen molar-refractivity contribution in [3.05, 3.63) is 22.3 Å². The molecular weight excluding hydrogens is 262 g/mol. The van der Waals surface area contributed by atoms with Gasteiger partial charge in [0.1, 0.15) is 5.75 Å². The molecule has 2 aliphatic carbocycles. The van der Waals surface area contributed by atoms with Crippen molar-refractivity contribution in [3.63, 3.8) is 0 Å². The second-order valence-electron chi connectivity index (χ2n) is 6.56. The van der Waals surface area contributed by atoms with Gasteiger partial charge >= 0.3 is 0 Å². The molecule has 1 unspecified atom stereocenters. The maximum absolute atomic E-state index is 10.7. The van der Waals surface area contributed by atoms with E-state index in [0.29, 0.717) is 11.7 Å². The van der Waals surface area contributed by atoms with E-state index in [1.165, 1.54) is 47.9 Å². The minimum absolute atomic E-state index is 0.240. The molecule has 2 aliphatic rings. The summed E-state index contributed by atoms with van der Waals surface area (Å²) in [6, 6.07) is 0. The summed E-state index contributed by atoms with van der Waals surface area (Å²) in [4.78, 5) is 0. The van der Waals surface area contributed by atoms with Crippen LogP contribution in [0, 0.1) is 6.92 Å². The lowest BCUT2D eigenvalue weighted by molar-refractivity contribution is 0.286. The lowest BCUT2D eigenvalue weighted by Gasteiger charge is -2.35. The molecule has 116 valence electrons. The fourth-order valence-corrected chi connectivity index (χ4v) is 4.21. The Balaban J connectivity index is 1.94. The highest BCUT2D eigenvalue weighted by Gasteiger charge is 2.31. The first-order chi connectivity index (χ1) is 10.2. The number of hydrogen-bond donors (Lipinski definition) is 3. The third kappa shape index (κ3) is 2.64. The van der Waals surface area contributed by atoms with Crippen LogP contribution in [-0.2, 0) is 12.8 Å². The highest BCUT2D eigenvalue weighted by molar-refractivity contribution is 5.70. The highest BCUT2D eigenvalue weighted by atomic mass is 16.3. The van der Waals surface area contributed by atoms with Crippen LogP contribution < -0.4 is 5.32 Å². The van der Waals surface area contributed by atoms with Crippen LogP contribution in [0.4, 0.5) is 5.69 Å². The molecule has 0 amide bonds. The fourth-order valence-electron chi connectivity index (χ4n) is 4.21. The highest BCUT2D eigenvalue weighted by Crippen LogP contribution is 2.48. The summed E-state index contributed by atoms with van der Waals surface area (Å²) >= 11 is 0. The van der Waals surface area contributed by atoms with Crippen molar-refractivity contribution in [2.45, 2.75) is 64.2 Å². The number of nitrogens with one attached hydrogen (secondary N) is 1. The number of aliphatic hydroxyl groups excluding tert-OH is 1. The average Bonchev–Trinajstić information content (AvgIpc) is 2.51. The summed E-state index contributed by atoms with van der Waals surface area (Å²) in [5, 5.41) is 23.0. The van der Waals surface area contributed by atoms with E-state index in [-0.39, 0.29) is 6.61 Å². The first-order valence-electron chi connectivity index (χ1n) is 8.46. The zero-order valence-corrected chi connectivity index (χ0v) is 13.0. The van der Waals surface area contributed by atoms with Gasteiger partial charge in [-0.2, -0.15) is 0 Å². The number of aliphatic hydroxyl groups is 1. The molecule has 3 heteroatoms. The second-order valence-corrected chi connectivity index (χ2v) is 6.56. The van der Waals surface area contributed by atoms with E-state index in [1.807, 2.05) is 0 Å². The van der Waals surface area contributed by atoms with Crippen LogP contribution in [0.5, 0.6) is 5.75 Å². The SMILES string of the molecule is Cc1c2c3c(c(O)c1NCCCCO)CCCC3CCC2. The molecule has 0 heterocycles. The van der Waals surface area contributed by atoms with Gasteiger partial charge in [0.2, 0.25) is 0 Å². The zero-order valence-electron chi connectivity index (χ0n) is 13.0. The Morgan fingerprint density at radius 3 is 2.52 bits per heavy atom. The summed E-state index contributed by atoms with van der Waals surface area (Å²) in [6.45, 7) is 3.21. The number of anilines is 1. The van der Waals surface area contributed by atoms with E-state index in [0.717, 1.165) is 37.9 Å². The summed E-state index contributed by atoms with van der Waals surface area (Å²) in [5.41, 5.74) is 6.41. The smallest absolute Gasteiger partial charge is 0.142 e. The number of phenols is 1. The predicted octanol–water partition coefficient (Wildman–Crippen LogP) is 3.64. The van der Waals surface area contributed by atoms with Crippen LogP contribution in [0.1, 0.15) is 66.7 Å². The van der Waals surface area contributed by atoms with Crippen LogP contribution in [0.2, 0.25) is 0 Å². The molecule has 3 N–H and O–H groups in total. The molecule has 0 fully saturated rings. The summed E-state index contributed by atoms with van der Waals surface area (Å²) < 4.78 is 0. The number of benzene rings is 1. The van der Waals surface area contributed by atoms with Gasteiger partial charge < -0.3 is 15.5 Å². The third-order valence-electron chi connectivity index (χ3n) is 5.25. The first kappa shape index (κ1) is 14.7. The summed E-state index contributed by atoms with van der Waals surface area (Å²) in [7, 11) is 0. The number of hydrogen-bond acceptors (Lipinski definition) is 3. The van der Waals surface area contributed by atoms with Gasteiger partial charge in [-0.1, -0.05) is 0 Å². The first-order valence-corrected chi connectivity index (χ1v) is 8.46. The van der Waals surface area contributed by atoms with Gasteiger partial charge in [0.25, 0.3) is 0 Å². The van der Waals surface area contributed by atoms with E-state index in [2.05, 4.69) is 12.2 Å². The lowest BCUT2D eigenvalue weighted by Crippen LogP contribution is -2.20. The normalized spacial score (nSPS) is 20.2. The Morgan fingerprint density at radius 2 is 1.81 bits per heavy atom. The molecule has 0 aromatic heterocycles. The minimum Gasteiger partial charge on any atom is -0.505 e. The minimum atomic E-state index is 0.240. The van der Waals surface area contributed by atoms with E-state index in [1.54, 1.807) is 0 Å². The van der Waals surface area contributed by atoms with E-state index >= 15 is 0 Å². The monoisotopic (exact) mass is 289 g/mol. The van der Waals surface area contributed by atoms with Crippen LogP contribution in [0.25, 0.3) is 0 Å². The van der Waals surface area contributed by atoms with Gasteiger partial charge in [0.15, 0.2) is 0 Å². The van der Waals surface area contributed by atoms with Crippen molar-refractivity contribution >= 4 is 5.69 Å². The number of rotatable bonds is 5. The Hall–Kier alpha value is -1.22. The van der Waals surface area contributed by atoms with E-state index in [4.69, 9.17) is 5.11 Å². The lowest BCUT2D eigenvalue weighted by atomic mass is 9.71. The molecule has 21 heavy (non-hydrogen) atoms. The van der Waals surface area contributed by atoms with Crippen molar-refractivity contribution < 1.29 is 10.2 Å². The van der Waals surface area contributed by atoms with Crippen molar-refractivity contribution in [3.8, 4) is 5.75 Å². The van der Waals surface area contributed by atoms with E-state index < -0.39 is 0 Å².